The van der Waals surface area contributed by atoms with E-state index in [1.54, 1.807) is 24.6 Å². The first-order valence-electron chi connectivity index (χ1n) is 6.98. The number of hydrogen-bond acceptors (Lipinski definition) is 1. The molecule has 0 aliphatic carbocycles. The number of rotatable bonds is 4. The molecule has 3 nitrogen and oxygen atoms in total. The van der Waals surface area contributed by atoms with Crippen LogP contribution in [-0.2, 0) is 23.9 Å². The van der Waals surface area contributed by atoms with Crippen molar-refractivity contribution in [3.05, 3.63) is 35.5 Å². The molecule has 0 aliphatic rings. The Balaban J connectivity index is 2.57. The molecule has 0 bridgehead atoms. The minimum Gasteiger partial charge on any atom is -0.481 e. The zero-order valence-corrected chi connectivity index (χ0v) is 12.7. The van der Waals surface area contributed by atoms with Crippen LogP contribution in [0.2, 0.25) is 0 Å². The summed E-state index contributed by atoms with van der Waals surface area (Å²) < 4.78 is 40.3. The lowest BCUT2D eigenvalue weighted by molar-refractivity contribution is -0.146. The maximum absolute atomic E-state index is 12.8. The molecule has 0 atom stereocenters. The quantitative estimate of drug-likeness (QED) is 0.912. The van der Waals surface area contributed by atoms with Gasteiger partial charge in [0.05, 0.1) is 11.0 Å². The zero-order valence-electron chi connectivity index (χ0n) is 12.7. The predicted octanol–water partition coefficient (Wildman–Crippen LogP) is 4.33. The van der Waals surface area contributed by atoms with E-state index in [0.717, 1.165) is 17.7 Å². The van der Waals surface area contributed by atoms with Crippen molar-refractivity contribution >= 4 is 16.9 Å². The molecule has 1 aromatic heterocycles. The number of aliphatic carboxylic acids is 1. The summed E-state index contributed by atoms with van der Waals surface area (Å²) in [7, 11) is 0. The monoisotopic (exact) mass is 313 g/mol. The second-order valence-electron chi connectivity index (χ2n) is 6.04. The van der Waals surface area contributed by atoms with Gasteiger partial charge in [-0.1, -0.05) is 6.07 Å². The number of benzene rings is 1. The average molecular weight is 313 g/mol. The van der Waals surface area contributed by atoms with E-state index < -0.39 is 23.1 Å². The third-order valence-electron chi connectivity index (χ3n) is 3.84. The molecule has 0 unspecified atom stereocenters. The van der Waals surface area contributed by atoms with Crippen LogP contribution in [0.4, 0.5) is 13.2 Å². The smallest absolute Gasteiger partial charge is 0.416 e. The second-order valence-corrected chi connectivity index (χ2v) is 6.04. The zero-order chi connectivity index (χ0) is 16.7. The van der Waals surface area contributed by atoms with Crippen molar-refractivity contribution in [1.29, 1.82) is 0 Å². The molecular formula is C16H18F3NO2. The molecule has 1 heterocycles. The van der Waals surface area contributed by atoms with E-state index in [4.69, 9.17) is 0 Å². The molecule has 22 heavy (non-hydrogen) atoms. The van der Waals surface area contributed by atoms with Crippen LogP contribution in [0.15, 0.2) is 24.4 Å². The van der Waals surface area contributed by atoms with Crippen LogP contribution in [0.3, 0.4) is 0 Å². The van der Waals surface area contributed by atoms with Crippen LogP contribution >= 0.6 is 0 Å². The molecule has 0 saturated carbocycles. The number of nitrogens with zero attached hydrogens (tertiary/aromatic N) is 1. The van der Waals surface area contributed by atoms with Crippen LogP contribution < -0.4 is 0 Å². The van der Waals surface area contributed by atoms with Crippen molar-refractivity contribution in [2.45, 2.75) is 39.9 Å². The van der Waals surface area contributed by atoms with Gasteiger partial charge in [0, 0.05) is 23.6 Å². The summed E-state index contributed by atoms with van der Waals surface area (Å²) in [5, 5.41) is 9.90. The van der Waals surface area contributed by atoms with Gasteiger partial charge in [-0.25, -0.2) is 0 Å². The van der Waals surface area contributed by atoms with Crippen LogP contribution in [0, 0.1) is 5.41 Å². The van der Waals surface area contributed by atoms with E-state index >= 15 is 0 Å². The Morgan fingerprint density at radius 1 is 1.27 bits per heavy atom. The van der Waals surface area contributed by atoms with Crippen LogP contribution in [0.25, 0.3) is 10.9 Å². The molecule has 1 aromatic carbocycles. The highest BCUT2D eigenvalue weighted by Gasteiger charge is 2.32. The van der Waals surface area contributed by atoms with Gasteiger partial charge in [0.15, 0.2) is 0 Å². The van der Waals surface area contributed by atoms with Crippen LogP contribution in [0.1, 0.15) is 31.9 Å². The maximum Gasteiger partial charge on any atom is 0.416 e. The van der Waals surface area contributed by atoms with Gasteiger partial charge in [-0.3, -0.25) is 4.79 Å². The first-order chi connectivity index (χ1) is 10.1. The van der Waals surface area contributed by atoms with Crippen molar-refractivity contribution in [1.82, 2.24) is 4.57 Å². The van der Waals surface area contributed by atoms with Gasteiger partial charge in [0.25, 0.3) is 0 Å². The number of carboxylic acid groups (broad SMARTS) is 1. The van der Waals surface area contributed by atoms with E-state index in [1.807, 2.05) is 6.92 Å². The fourth-order valence-corrected chi connectivity index (χ4v) is 2.50. The SMILES string of the molecule is CCn1cc(CC(C)(C)C(=O)O)c2ccc(C(F)(F)F)cc21. The highest BCUT2D eigenvalue weighted by molar-refractivity contribution is 5.86. The Bertz CT molecular complexity index is 714. The Hall–Kier alpha value is -1.98. The van der Waals surface area contributed by atoms with Gasteiger partial charge in [-0.2, -0.15) is 13.2 Å². The first kappa shape index (κ1) is 16.4. The van der Waals surface area contributed by atoms with Crippen molar-refractivity contribution in [2.24, 2.45) is 5.41 Å². The largest absolute Gasteiger partial charge is 0.481 e. The number of aromatic nitrogens is 1. The lowest BCUT2D eigenvalue weighted by Gasteiger charge is -2.18. The molecule has 2 rings (SSSR count). The third kappa shape index (κ3) is 2.96. The topological polar surface area (TPSA) is 42.2 Å². The van der Waals surface area contributed by atoms with Gasteiger partial charge in [-0.05, 0) is 44.9 Å². The van der Waals surface area contributed by atoms with Gasteiger partial charge < -0.3 is 9.67 Å². The summed E-state index contributed by atoms with van der Waals surface area (Å²) in [6.45, 7) is 5.57. The summed E-state index contributed by atoms with van der Waals surface area (Å²) >= 11 is 0. The van der Waals surface area contributed by atoms with Gasteiger partial charge in [0.1, 0.15) is 0 Å². The highest BCUT2D eigenvalue weighted by atomic mass is 19.4. The molecule has 0 saturated heterocycles. The molecular weight excluding hydrogens is 295 g/mol. The number of halogens is 3. The van der Waals surface area contributed by atoms with E-state index in [1.165, 1.54) is 6.07 Å². The highest BCUT2D eigenvalue weighted by Crippen LogP contribution is 2.34. The van der Waals surface area contributed by atoms with E-state index in [9.17, 15) is 23.1 Å². The molecule has 0 aliphatic heterocycles. The summed E-state index contributed by atoms with van der Waals surface area (Å²) in [4.78, 5) is 11.3. The fourth-order valence-electron chi connectivity index (χ4n) is 2.50. The average Bonchev–Trinajstić information content (AvgIpc) is 2.74. The molecule has 0 amide bonds. The molecule has 6 heteroatoms. The molecule has 120 valence electrons. The summed E-state index contributed by atoms with van der Waals surface area (Å²) in [5.74, 6) is -0.934. The number of fused-ring (bicyclic) bond motifs is 1. The minimum atomic E-state index is -4.39. The Morgan fingerprint density at radius 2 is 1.91 bits per heavy atom. The van der Waals surface area contributed by atoms with E-state index in [-0.39, 0.29) is 6.42 Å². The summed E-state index contributed by atoms with van der Waals surface area (Å²) in [6, 6.07) is 3.59. The fraction of sp³-hybridized carbons (Fsp3) is 0.438. The van der Waals surface area contributed by atoms with Crippen molar-refractivity contribution < 1.29 is 23.1 Å². The van der Waals surface area contributed by atoms with Gasteiger partial charge in [-0.15, -0.1) is 0 Å². The normalized spacial score (nSPS) is 12.8. The molecule has 2 aromatic rings. The van der Waals surface area contributed by atoms with E-state index in [2.05, 4.69) is 0 Å². The number of alkyl halides is 3. The molecule has 0 radical (unpaired) electrons. The van der Waals surface area contributed by atoms with Gasteiger partial charge >= 0.3 is 12.1 Å². The predicted molar refractivity (Wildman–Crippen MR) is 77.7 cm³/mol. The Labute approximate surface area is 126 Å². The summed E-state index contributed by atoms with van der Waals surface area (Å²) in [6.07, 6.45) is -2.38. The first-order valence-corrected chi connectivity index (χ1v) is 6.98. The molecule has 0 fully saturated rings. The van der Waals surface area contributed by atoms with Crippen LogP contribution in [0.5, 0.6) is 0 Å². The van der Waals surface area contributed by atoms with E-state index in [0.29, 0.717) is 17.4 Å². The molecule has 1 N–H and O–H groups in total. The number of hydrogen-bond donors (Lipinski definition) is 1. The Morgan fingerprint density at radius 3 is 2.41 bits per heavy atom. The number of carbonyl (C=O) groups is 1. The van der Waals surface area contributed by atoms with Crippen molar-refractivity contribution in [3.63, 3.8) is 0 Å². The lowest BCUT2D eigenvalue weighted by atomic mass is 9.86. The lowest BCUT2D eigenvalue weighted by Crippen LogP contribution is -2.26. The second kappa shape index (κ2) is 5.34. The Kier molecular flexibility index (Phi) is 3.98. The van der Waals surface area contributed by atoms with Gasteiger partial charge in [0.2, 0.25) is 0 Å². The third-order valence-corrected chi connectivity index (χ3v) is 3.84. The van der Waals surface area contributed by atoms with Crippen molar-refractivity contribution in [3.8, 4) is 0 Å². The number of aryl methyl sites for hydroxylation is 1. The standard InChI is InChI=1S/C16H18F3NO2/c1-4-20-9-10(8-15(2,3)14(21)22)12-6-5-11(7-13(12)20)16(17,18)19/h5-7,9H,4,8H2,1-3H3,(H,21,22). The summed E-state index contributed by atoms with van der Waals surface area (Å²) in [5.41, 5.74) is -0.446. The maximum atomic E-state index is 12.8. The number of carboxylic acids is 1. The van der Waals surface area contributed by atoms with Crippen LogP contribution in [-0.4, -0.2) is 15.6 Å². The van der Waals surface area contributed by atoms with Crippen molar-refractivity contribution in [2.75, 3.05) is 0 Å². The minimum absolute atomic E-state index is 0.261. The molecule has 0 spiro atoms.